The van der Waals surface area contributed by atoms with Gasteiger partial charge in [0.25, 0.3) is 0 Å². The minimum atomic E-state index is -1.80. The predicted octanol–water partition coefficient (Wildman–Crippen LogP) is 2.49. The van der Waals surface area contributed by atoms with Crippen LogP contribution in [0.15, 0.2) is 34.9 Å². The molecule has 0 bridgehead atoms. The van der Waals surface area contributed by atoms with Gasteiger partial charge in [-0.2, -0.15) is 5.11 Å². The van der Waals surface area contributed by atoms with Crippen molar-refractivity contribution >= 4 is 29.4 Å². The van der Waals surface area contributed by atoms with Crippen molar-refractivity contribution in [2.75, 3.05) is 11.4 Å². The van der Waals surface area contributed by atoms with Gasteiger partial charge >= 0.3 is 6.03 Å². The van der Waals surface area contributed by atoms with Crippen LogP contribution >= 0.6 is 0 Å². The number of nitrogens with one attached hydrogen (secondary N) is 2. The fourth-order valence-electron chi connectivity index (χ4n) is 5.41. The Morgan fingerprint density at radius 2 is 1.89 bits per heavy atom. The van der Waals surface area contributed by atoms with Crippen molar-refractivity contribution in [3.63, 3.8) is 0 Å². The molecule has 2 fully saturated rings. The number of aromatic nitrogens is 2. The zero-order valence-corrected chi connectivity index (χ0v) is 19.7. The van der Waals surface area contributed by atoms with Crippen LogP contribution in [-0.2, 0) is 20.7 Å². The van der Waals surface area contributed by atoms with E-state index in [9.17, 15) is 14.4 Å². The first-order chi connectivity index (χ1) is 17.1. The number of benzene rings is 1. The van der Waals surface area contributed by atoms with Crippen LogP contribution in [0, 0.1) is 17.0 Å². The summed E-state index contributed by atoms with van der Waals surface area (Å²) >= 11 is 0. The molecule has 4 atom stereocenters. The first-order valence-electron chi connectivity index (χ1n) is 11.4. The summed E-state index contributed by atoms with van der Waals surface area (Å²) in [5.41, 5.74) is -1.70. The number of carbonyl (C=O) groups is 3. The molecule has 0 radical (unpaired) electrons. The number of morpholine rings is 1. The Kier molecular flexibility index (Phi) is 5.74. The fraction of sp³-hybridized carbons (Fsp3) is 0.435. The highest BCUT2D eigenvalue weighted by molar-refractivity contribution is 6.20. The van der Waals surface area contributed by atoms with Crippen molar-refractivity contribution in [2.45, 2.75) is 51.5 Å². The first kappa shape index (κ1) is 23.9. The molecule has 188 valence electrons. The number of amides is 4. The van der Waals surface area contributed by atoms with Crippen LogP contribution in [0.4, 0.5) is 25.1 Å². The van der Waals surface area contributed by atoms with Crippen LogP contribution < -0.4 is 15.5 Å². The summed E-state index contributed by atoms with van der Waals surface area (Å²) in [6.07, 6.45) is 2.89. The number of carbonyl (C=O) groups excluding carboxylic acids is 3. The zero-order chi connectivity index (χ0) is 25.8. The number of anilines is 1. The van der Waals surface area contributed by atoms with E-state index in [0.717, 1.165) is 0 Å². The van der Waals surface area contributed by atoms with Crippen molar-refractivity contribution in [2.24, 2.45) is 15.6 Å². The number of azo groups is 1. The van der Waals surface area contributed by atoms with E-state index in [1.54, 1.807) is 13.8 Å². The zero-order valence-electron chi connectivity index (χ0n) is 19.7. The van der Waals surface area contributed by atoms with Gasteiger partial charge in [-0.3, -0.25) is 25.2 Å². The maximum absolute atomic E-state index is 15.7. The summed E-state index contributed by atoms with van der Waals surface area (Å²) in [7, 11) is 0. The summed E-state index contributed by atoms with van der Waals surface area (Å²) < 4.78 is 37.0. The van der Waals surface area contributed by atoms with Crippen molar-refractivity contribution in [3.05, 3.63) is 47.4 Å². The standard InChI is InChI=1S/C23H23F2N7O4/c1-10-9-32-18-13(7-23(19(32)12(3)36-10)20(33)28-22(35)29-21(23)34)6-14(16(24)17(18)25)11(2)30-31-15-8-26-4-5-27-15/h4-6,8,10-12,19H,7,9H2,1-3H3,(H2,28,29,33,34,35)/t10-,11?,12+,19-/m1/s1. The van der Waals surface area contributed by atoms with Gasteiger partial charge in [-0.25, -0.2) is 18.6 Å². The molecule has 4 amide bonds. The van der Waals surface area contributed by atoms with Crippen molar-refractivity contribution in [3.8, 4) is 0 Å². The number of fused-ring (bicyclic) bond motifs is 4. The minimum Gasteiger partial charge on any atom is -0.372 e. The van der Waals surface area contributed by atoms with E-state index in [1.807, 2.05) is 0 Å². The Morgan fingerprint density at radius 1 is 1.17 bits per heavy atom. The van der Waals surface area contributed by atoms with Crippen LogP contribution in [0.5, 0.6) is 0 Å². The SMILES string of the molecule is CC(N=Nc1cnccn1)c1cc2c(c(F)c1F)N1C[C@@H](C)O[C@@H](C)[C@@H]1C1(C2)C(=O)NC(=O)NC1=O. The quantitative estimate of drug-likeness (QED) is 0.489. The molecule has 1 aromatic carbocycles. The topological polar surface area (TPSA) is 138 Å². The smallest absolute Gasteiger partial charge is 0.328 e. The number of urea groups is 1. The Bertz CT molecular complexity index is 1270. The van der Waals surface area contributed by atoms with E-state index in [1.165, 1.54) is 36.5 Å². The lowest BCUT2D eigenvalue weighted by molar-refractivity contribution is -0.153. The summed E-state index contributed by atoms with van der Waals surface area (Å²) in [5, 5.41) is 12.3. The Hall–Kier alpha value is -3.87. The second-order valence-electron chi connectivity index (χ2n) is 9.19. The lowest BCUT2D eigenvalue weighted by atomic mass is 9.66. The molecule has 13 heteroatoms. The maximum Gasteiger partial charge on any atom is 0.328 e. The van der Waals surface area contributed by atoms with E-state index in [-0.39, 0.29) is 35.6 Å². The molecule has 1 unspecified atom stereocenters. The lowest BCUT2D eigenvalue weighted by Crippen LogP contribution is -2.75. The number of ether oxygens (including phenoxy) is 1. The number of barbiturate groups is 1. The van der Waals surface area contributed by atoms with E-state index in [2.05, 4.69) is 30.8 Å². The molecule has 3 aliphatic heterocycles. The molecular weight excluding hydrogens is 476 g/mol. The van der Waals surface area contributed by atoms with E-state index < -0.39 is 59.2 Å². The van der Waals surface area contributed by atoms with Gasteiger partial charge in [0.15, 0.2) is 22.9 Å². The lowest BCUT2D eigenvalue weighted by Gasteiger charge is -2.55. The van der Waals surface area contributed by atoms with E-state index >= 15 is 8.78 Å². The molecule has 2 N–H and O–H groups in total. The summed E-state index contributed by atoms with van der Waals surface area (Å²) in [4.78, 5) is 47.6. The van der Waals surface area contributed by atoms with Gasteiger partial charge in [-0.1, -0.05) is 0 Å². The third-order valence-electron chi connectivity index (χ3n) is 6.83. The largest absolute Gasteiger partial charge is 0.372 e. The minimum absolute atomic E-state index is 0.0376. The summed E-state index contributed by atoms with van der Waals surface area (Å²) in [6, 6.07) is -1.43. The molecule has 11 nitrogen and oxygen atoms in total. The maximum atomic E-state index is 15.7. The highest BCUT2D eigenvalue weighted by Crippen LogP contribution is 2.49. The number of rotatable bonds is 3. The number of hydrogen-bond donors (Lipinski definition) is 2. The fourth-order valence-corrected chi connectivity index (χ4v) is 5.41. The van der Waals surface area contributed by atoms with Gasteiger partial charge < -0.3 is 9.64 Å². The Morgan fingerprint density at radius 3 is 2.56 bits per heavy atom. The molecule has 0 saturated carbocycles. The van der Waals surface area contributed by atoms with Crippen molar-refractivity contribution in [1.82, 2.24) is 20.6 Å². The average Bonchev–Trinajstić information content (AvgIpc) is 2.83. The van der Waals surface area contributed by atoms with Crippen LogP contribution in [0.3, 0.4) is 0 Å². The molecular formula is C23H23F2N7O4. The normalized spacial score (nSPS) is 25.9. The van der Waals surface area contributed by atoms with E-state index in [4.69, 9.17) is 4.74 Å². The Balaban J connectivity index is 1.63. The van der Waals surface area contributed by atoms with Gasteiger partial charge in [0.2, 0.25) is 11.8 Å². The van der Waals surface area contributed by atoms with Crippen molar-refractivity contribution in [1.29, 1.82) is 0 Å². The second-order valence-corrected chi connectivity index (χ2v) is 9.19. The molecule has 3 aliphatic rings. The van der Waals surface area contributed by atoms with Gasteiger partial charge in [0.1, 0.15) is 0 Å². The molecule has 2 aromatic rings. The number of imide groups is 2. The van der Waals surface area contributed by atoms with Gasteiger partial charge in [0, 0.05) is 30.9 Å². The predicted molar refractivity (Wildman–Crippen MR) is 120 cm³/mol. The van der Waals surface area contributed by atoms with E-state index in [0.29, 0.717) is 0 Å². The molecule has 4 heterocycles. The van der Waals surface area contributed by atoms with Crippen LogP contribution in [0.1, 0.15) is 37.9 Å². The molecule has 36 heavy (non-hydrogen) atoms. The second kappa shape index (κ2) is 8.66. The summed E-state index contributed by atoms with van der Waals surface area (Å²) in [6.45, 7) is 5.06. The average molecular weight is 499 g/mol. The third-order valence-corrected chi connectivity index (χ3v) is 6.83. The monoisotopic (exact) mass is 499 g/mol. The van der Waals surface area contributed by atoms with Crippen LogP contribution in [-0.4, -0.2) is 52.6 Å². The summed E-state index contributed by atoms with van der Waals surface area (Å²) in [5.74, 6) is -3.65. The highest BCUT2D eigenvalue weighted by Gasteiger charge is 2.63. The van der Waals surface area contributed by atoms with Gasteiger partial charge in [-0.15, -0.1) is 5.11 Å². The van der Waals surface area contributed by atoms with Gasteiger partial charge in [0.05, 0.1) is 36.2 Å². The number of hydrogen-bond acceptors (Lipinski definition) is 9. The van der Waals surface area contributed by atoms with Gasteiger partial charge in [-0.05, 0) is 32.4 Å². The number of halogens is 2. The molecule has 0 aliphatic carbocycles. The van der Waals surface area contributed by atoms with Crippen molar-refractivity contribution < 1.29 is 27.9 Å². The van der Waals surface area contributed by atoms with Crippen LogP contribution in [0.2, 0.25) is 0 Å². The Labute approximate surface area is 204 Å². The third kappa shape index (κ3) is 3.61. The van der Waals surface area contributed by atoms with Crippen LogP contribution in [0.25, 0.3) is 0 Å². The number of nitrogens with zero attached hydrogens (tertiary/aromatic N) is 5. The first-order valence-corrected chi connectivity index (χ1v) is 11.4. The highest BCUT2D eigenvalue weighted by atomic mass is 19.2. The molecule has 1 aromatic heterocycles. The molecule has 5 rings (SSSR count). The molecule has 1 spiro atoms. The molecule has 2 saturated heterocycles.